The number of carbonyl (C=O) groups is 3. The van der Waals surface area contributed by atoms with Crippen LogP contribution in [0.5, 0.6) is 0 Å². The number of aromatic nitrogens is 1. The van der Waals surface area contributed by atoms with Crippen LogP contribution in [0.15, 0.2) is 35.8 Å². The van der Waals surface area contributed by atoms with Crippen molar-refractivity contribution in [3.63, 3.8) is 0 Å². The predicted octanol–water partition coefficient (Wildman–Crippen LogP) is 3.08. The second kappa shape index (κ2) is 12.6. The maximum Gasteiger partial charge on any atom is 0.250 e. The molecule has 0 saturated carbocycles. The molecule has 1 aromatic heterocycles. The van der Waals surface area contributed by atoms with Gasteiger partial charge in [0.05, 0.1) is 19.6 Å². The van der Waals surface area contributed by atoms with Crippen molar-refractivity contribution in [3.05, 3.63) is 52.0 Å². The average Bonchev–Trinajstić information content (AvgIpc) is 3.38. The van der Waals surface area contributed by atoms with Crippen molar-refractivity contribution < 1.29 is 14.4 Å². The molecule has 37 heavy (non-hydrogen) atoms. The van der Waals surface area contributed by atoms with Gasteiger partial charge >= 0.3 is 0 Å². The molecule has 3 amide bonds. The van der Waals surface area contributed by atoms with E-state index in [0.29, 0.717) is 32.0 Å². The third kappa shape index (κ3) is 6.96. The van der Waals surface area contributed by atoms with E-state index in [1.54, 1.807) is 22.4 Å². The van der Waals surface area contributed by atoms with Crippen LogP contribution in [0.1, 0.15) is 62.1 Å². The summed E-state index contributed by atoms with van der Waals surface area (Å²) in [7, 11) is 0. The Bertz CT molecular complexity index is 1070. The van der Waals surface area contributed by atoms with E-state index < -0.39 is 5.54 Å². The summed E-state index contributed by atoms with van der Waals surface area (Å²) < 4.78 is 0. The summed E-state index contributed by atoms with van der Waals surface area (Å²) in [5, 5.41) is 9.13. The zero-order valence-electron chi connectivity index (χ0n) is 22.0. The Hall–Kier alpha value is -2.78. The number of benzene rings is 1. The first-order chi connectivity index (χ1) is 17.9. The Labute approximate surface area is 223 Å². The number of aryl methyl sites for hydroxylation is 1. The van der Waals surface area contributed by atoms with E-state index in [2.05, 4.69) is 34.4 Å². The number of fused-ring (bicyclic) bond motifs is 2. The summed E-state index contributed by atoms with van der Waals surface area (Å²) in [5.41, 5.74) is 0.851. The lowest BCUT2D eigenvalue weighted by molar-refractivity contribution is -0.140. The molecule has 2 aliphatic rings. The van der Waals surface area contributed by atoms with Gasteiger partial charge in [0.2, 0.25) is 17.7 Å². The lowest BCUT2D eigenvalue weighted by Crippen LogP contribution is -2.60. The van der Waals surface area contributed by atoms with E-state index in [-0.39, 0.29) is 30.8 Å². The highest BCUT2D eigenvalue weighted by molar-refractivity contribution is 7.09. The molecule has 1 spiro atoms. The Balaban J connectivity index is 1.60. The summed E-state index contributed by atoms with van der Waals surface area (Å²) in [5.74, 6) is -0.123. The Kier molecular flexibility index (Phi) is 9.32. The minimum Gasteiger partial charge on any atom is -0.354 e. The number of nitrogens with one attached hydrogen (secondary N) is 2. The Morgan fingerprint density at radius 3 is 2.73 bits per heavy atom. The van der Waals surface area contributed by atoms with Gasteiger partial charge in [0.1, 0.15) is 10.5 Å². The van der Waals surface area contributed by atoms with Gasteiger partial charge in [0.15, 0.2) is 0 Å². The minimum atomic E-state index is -1.11. The predicted molar refractivity (Wildman–Crippen MR) is 145 cm³/mol. The topological polar surface area (TPSA) is 94.6 Å². The van der Waals surface area contributed by atoms with Crippen molar-refractivity contribution in [3.8, 4) is 0 Å². The number of carbonyl (C=O) groups excluding carboxylic acids is 3. The van der Waals surface area contributed by atoms with Crippen LogP contribution in [-0.4, -0.2) is 65.2 Å². The van der Waals surface area contributed by atoms with Crippen LogP contribution in [0.4, 0.5) is 0 Å². The molecule has 1 unspecified atom stereocenters. The van der Waals surface area contributed by atoms with Gasteiger partial charge in [0.25, 0.3) is 0 Å². The van der Waals surface area contributed by atoms with Gasteiger partial charge in [-0.3, -0.25) is 19.3 Å². The molecular weight excluding hydrogens is 486 g/mol. The second-order valence-corrected chi connectivity index (χ2v) is 11.5. The molecule has 1 aliphatic heterocycles. The monoisotopic (exact) mass is 525 g/mol. The fourth-order valence-corrected chi connectivity index (χ4v) is 5.91. The number of hydrogen-bond acceptors (Lipinski definition) is 6. The highest BCUT2D eigenvalue weighted by Crippen LogP contribution is 2.36. The molecule has 2 heterocycles. The van der Waals surface area contributed by atoms with Crippen molar-refractivity contribution >= 4 is 29.1 Å². The van der Waals surface area contributed by atoms with Crippen LogP contribution >= 0.6 is 11.3 Å². The molecule has 1 aromatic carbocycles. The number of amides is 3. The first-order valence-corrected chi connectivity index (χ1v) is 14.3. The highest BCUT2D eigenvalue weighted by Gasteiger charge is 2.44. The van der Waals surface area contributed by atoms with Crippen LogP contribution in [0, 0.1) is 5.92 Å². The zero-order valence-corrected chi connectivity index (χ0v) is 22.8. The third-order valence-electron chi connectivity index (χ3n) is 7.27. The molecule has 1 saturated heterocycles. The van der Waals surface area contributed by atoms with Crippen LogP contribution < -0.4 is 10.6 Å². The van der Waals surface area contributed by atoms with Gasteiger partial charge in [-0.1, -0.05) is 38.1 Å². The number of rotatable bonds is 5. The lowest BCUT2D eigenvalue weighted by Gasteiger charge is -2.39. The molecule has 2 aromatic rings. The Morgan fingerprint density at radius 1 is 1.11 bits per heavy atom. The summed E-state index contributed by atoms with van der Waals surface area (Å²) in [6, 6.07) is 7.89. The fourth-order valence-electron chi connectivity index (χ4n) is 5.25. The van der Waals surface area contributed by atoms with Gasteiger partial charge in [-0.05, 0) is 62.1 Å². The lowest BCUT2D eigenvalue weighted by atomic mass is 9.75. The summed E-state index contributed by atoms with van der Waals surface area (Å²) in [6.45, 7) is 6.75. The number of nitrogens with zero attached hydrogens (tertiary/aromatic N) is 3. The van der Waals surface area contributed by atoms with Gasteiger partial charge in [-0.25, -0.2) is 4.98 Å². The maximum absolute atomic E-state index is 13.7. The molecule has 9 heteroatoms. The second-order valence-electron chi connectivity index (χ2n) is 10.6. The average molecular weight is 526 g/mol. The molecule has 2 N–H and O–H groups in total. The van der Waals surface area contributed by atoms with Crippen LogP contribution in [0.25, 0.3) is 0 Å². The smallest absolute Gasteiger partial charge is 0.250 e. The van der Waals surface area contributed by atoms with Crippen molar-refractivity contribution in [2.45, 2.75) is 64.5 Å². The molecule has 0 bridgehead atoms. The van der Waals surface area contributed by atoms with Crippen LogP contribution in [0.3, 0.4) is 0 Å². The van der Waals surface area contributed by atoms with Crippen molar-refractivity contribution in [2.24, 2.45) is 5.92 Å². The number of hydrogen-bond donors (Lipinski definition) is 2. The van der Waals surface area contributed by atoms with Crippen molar-refractivity contribution in [1.29, 1.82) is 0 Å². The maximum atomic E-state index is 13.7. The molecule has 1 atom stereocenters. The zero-order chi connectivity index (χ0) is 26.3. The Morgan fingerprint density at radius 2 is 1.95 bits per heavy atom. The fraction of sp³-hybridized carbons (Fsp3) is 0.571. The number of thiazole rings is 1. The van der Waals surface area contributed by atoms with E-state index >= 15 is 0 Å². The molecule has 0 radical (unpaired) electrons. The SMILES string of the molecule is CC(C)CCN1CC(=O)NC2(CCCc3ccccc32)C(=O)NCCCCN(Cc2nccs2)CC1=O. The van der Waals surface area contributed by atoms with E-state index in [1.165, 1.54) is 0 Å². The summed E-state index contributed by atoms with van der Waals surface area (Å²) in [4.78, 5) is 48.9. The molecule has 1 aliphatic carbocycles. The molecule has 200 valence electrons. The van der Waals surface area contributed by atoms with Crippen molar-refractivity contribution in [1.82, 2.24) is 25.4 Å². The minimum absolute atomic E-state index is 0.0617. The summed E-state index contributed by atoms with van der Waals surface area (Å²) in [6.07, 6.45) is 6.46. The van der Waals surface area contributed by atoms with Gasteiger partial charge < -0.3 is 15.5 Å². The van der Waals surface area contributed by atoms with Gasteiger partial charge in [0, 0.05) is 24.7 Å². The largest absolute Gasteiger partial charge is 0.354 e. The van der Waals surface area contributed by atoms with Gasteiger partial charge in [-0.2, -0.15) is 0 Å². The van der Waals surface area contributed by atoms with Crippen LogP contribution in [0.2, 0.25) is 0 Å². The highest BCUT2D eigenvalue weighted by atomic mass is 32.1. The molecule has 8 nitrogen and oxygen atoms in total. The first kappa shape index (κ1) is 27.3. The molecule has 4 rings (SSSR count). The standard InChI is InChI=1S/C28H39N5O3S/c1-21(2)11-16-33-18-24(34)31-28(12-7-9-22-8-3-4-10-23(22)28)27(36)30-13-5-6-15-32(20-26(33)35)19-25-29-14-17-37-25/h3-4,8,10,14,17,21H,5-7,9,11-13,15-16,18-20H2,1-2H3,(H,30,36)(H,31,34). The quantitative estimate of drug-likeness (QED) is 0.626. The van der Waals surface area contributed by atoms with E-state index in [9.17, 15) is 14.4 Å². The van der Waals surface area contributed by atoms with E-state index in [4.69, 9.17) is 0 Å². The molecule has 1 fully saturated rings. The molecular formula is C28H39N5O3S. The third-order valence-corrected chi connectivity index (χ3v) is 8.03. The summed E-state index contributed by atoms with van der Waals surface area (Å²) >= 11 is 1.58. The van der Waals surface area contributed by atoms with Crippen molar-refractivity contribution in [2.75, 3.05) is 32.7 Å². The van der Waals surface area contributed by atoms with E-state index in [0.717, 1.165) is 54.8 Å². The van der Waals surface area contributed by atoms with Gasteiger partial charge in [-0.15, -0.1) is 11.3 Å². The normalized spacial score (nSPS) is 22.5. The first-order valence-electron chi connectivity index (χ1n) is 13.4. The van der Waals surface area contributed by atoms with E-state index in [1.807, 2.05) is 29.6 Å². The van der Waals surface area contributed by atoms with Crippen LogP contribution in [-0.2, 0) is 32.9 Å².